The Labute approximate surface area is 263 Å². The SMILES string of the molecule is O=[N+]([O-])c1cc(-c2ccccc2)c(O)c(-c2ccccc2)c1.O=[N+]([O-])c1cc(Br)c(O)c(Br)c1.OB(O)c1ccccc1. The predicted octanol–water partition coefficient (Wildman–Crippen LogP) is 6.83. The summed E-state index contributed by atoms with van der Waals surface area (Å²) in [6.45, 7) is 0. The highest BCUT2D eigenvalue weighted by molar-refractivity contribution is 9.11. The highest BCUT2D eigenvalue weighted by Crippen LogP contribution is 2.41. The van der Waals surface area contributed by atoms with Crippen LogP contribution in [0.15, 0.2) is 124 Å². The molecule has 0 spiro atoms. The van der Waals surface area contributed by atoms with Crippen LogP contribution in [-0.2, 0) is 0 Å². The Hall–Kier alpha value is -4.56. The summed E-state index contributed by atoms with van der Waals surface area (Å²) < 4.78 is 0.590. The first kappa shape index (κ1) is 33.0. The largest absolute Gasteiger partial charge is 0.507 e. The second-order valence-electron chi connectivity index (χ2n) is 8.68. The number of nitrogens with zero attached hydrogens (tertiary/aromatic N) is 2. The maximum absolute atomic E-state index is 11.2. The van der Waals surface area contributed by atoms with Crippen LogP contribution in [0.4, 0.5) is 11.4 Å². The Morgan fingerprint density at radius 1 is 0.558 bits per heavy atom. The van der Waals surface area contributed by atoms with E-state index in [1.54, 1.807) is 24.3 Å². The molecule has 0 amide bonds. The number of benzene rings is 5. The lowest BCUT2D eigenvalue weighted by Gasteiger charge is -2.10. The topological polar surface area (TPSA) is 167 Å². The van der Waals surface area contributed by atoms with E-state index in [1.165, 1.54) is 24.3 Å². The summed E-state index contributed by atoms with van der Waals surface area (Å²) in [7, 11) is -1.34. The highest BCUT2D eigenvalue weighted by Gasteiger charge is 2.18. The summed E-state index contributed by atoms with van der Waals surface area (Å²) in [5, 5.41) is 58.4. The van der Waals surface area contributed by atoms with Gasteiger partial charge in [-0.1, -0.05) is 91.0 Å². The summed E-state index contributed by atoms with van der Waals surface area (Å²) >= 11 is 5.96. The zero-order valence-corrected chi connectivity index (χ0v) is 25.3. The maximum atomic E-state index is 11.2. The molecule has 0 saturated heterocycles. The summed E-state index contributed by atoms with van der Waals surface area (Å²) in [5.41, 5.74) is 2.78. The molecular weight excluding hydrogens is 687 g/mol. The van der Waals surface area contributed by atoms with E-state index in [0.717, 1.165) is 11.1 Å². The molecule has 5 aromatic carbocycles. The van der Waals surface area contributed by atoms with E-state index in [0.29, 0.717) is 25.5 Å². The number of phenols is 2. The van der Waals surface area contributed by atoms with Crippen molar-refractivity contribution in [1.29, 1.82) is 0 Å². The number of hydrogen-bond donors (Lipinski definition) is 4. The van der Waals surface area contributed by atoms with Gasteiger partial charge >= 0.3 is 7.12 Å². The third-order valence-corrected chi connectivity index (χ3v) is 6.99. The van der Waals surface area contributed by atoms with Gasteiger partial charge in [0.05, 0.1) is 18.8 Å². The molecular formula is C30H23BBr2N2O8. The number of halogens is 2. The fraction of sp³-hybridized carbons (Fsp3) is 0. The van der Waals surface area contributed by atoms with Crippen LogP contribution in [0, 0.1) is 20.2 Å². The van der Waals surface area contributed by atoms with Crippen molar-refractivity contribution in [3.63, 3.8) is 0 Å². The van der Waals surface area contributed by atoms with Crippen molar-refractivity contribution >= 4 is 55.8 Å². The van der Waals surface area contributed by atoms with Gasteiger partial charge in [0, 0.05) is 35.4 Å². The van der Waals surface area contributed by atoms with Gasteiger partial charge in [0.15, 0.2) is 0 Å². The third-order valence-electron chi connectivity index (χ3n) is 5.79. The lowest BCUT2D eigenvalue weighted by Crippen LogP contribution is -2.29. The quantitative estimate of drug-likeness (QED) is 0.0876. The van der Waals surface area contributed by atoms with Gasteiger partial charge in [-0.15, -0.1) is 0 Å². The van der Waals surface area contributed by atoms with E-state index in [1.807, 2.05) is 66.7 Å². The molecule has 0 atom stereocenters. The number of aromatic hydroxyl groups is 2. The molecule has 0 aliphatic carbocycles. The maximum Gasteiger partial charge on any atom is 0.488 e. The average molecular weight is 710 g/mol. The minimum atomic E-state index is -1.34. The zero-order valence-electron chi connectivity index (χ0n) is 22.1. The van der Waals surface area contributed by atoms with Gasteiger partial charge in [0.25, 0.3) is 11.4 Å². The van der Waals surface area contributed by atoms with Crippen LogP contribution in [0.3, 0.4) is 0 Å². The van der Waals surface area contributed by atoms with Gasteiger partial charge in [0.1, 0.15) is 11.5 Å². The number of non-ortho nitro benzene ring substituents is 2. The van der Waals surface area contributed by atoms with E-state index in [4.69, 9.17) is 10.0 Å². The van der Waals surface area contributed by atoms with Crippen LogP contribution in [0.1, 0.15) is 0 Å². The Balaban J connectivity index is 0.000000202. The first-order chi connectivity index (χ1) is 20.5. The van der Waals surface area contributed by atoms with Gasteiger partial charge in [0.2, 0.25) is 0 Å². The van der Waals surface area contributed by atoms with Gasteiger partial charge in [-0.25, -0.2) is 0 Å². The zero-order chi connectivity index (χ0) is 31.5. The van der Waals surface area contributed by atoms with E-state index in [9.17, 15) is 30.4 Å². The number of hydrogen-bond acceptors (Lipinski definition) is 8. The molecule has 0 fully saturated rings. The molecule has 0 saturated carbocycles. The Kier molecular flexibility index (Phi) is 12.0. The number of phenolic OH excluding ortho intramolecular Hbond substituents is 2. The lowest BCUT2D eigenvalue weighted by molar-refractivity contribution is -0.385. The minimum absolute atomic E-state index is 0.0411. The fourth-order valence-electron chi connectivity index (χ4n) is 3.68. The summed E-state index contributed by atoms with van der Waals surface area (Å²) in [5.74, 6) is 0.00333. The van der Waals surface area contributed by atoms with Gasteiger partial charge < -0.3 is 20.3 Å². The van der Waals surface area contributed by atoms with Crippen molar-refractivity contribution < 1.29 is 30.1 Å². The molecule has 13 heteroatoms. The Morgan fingerprint density at radius 2 is 0.907 bits per heavy atom. The molecule has 0 heterocycles. The molecule has 5 aromatic rings. The normalized spacial score (nSPS) is 9.95. The predicted molar refractivity (Wildman–Crippen MR) is 172 cm³/mol. The summed E-state index contributed by atoms with van der Waals surface area (Å²) in [6, 6.07) is 32.2. The van der Waals surface area contributed by atoms with Crippen LogP contribution < -0.4 is 5.46 Å². The van der Waals surface area contributed by atoms with Crippen LogP contribution in [0.25, 0.3) is 22.3 Å². The number of nitro benzene ring substituents is 2. The molecule has 0 bridgehead atoms. The van der Waals surface area contributed by atoms with Crippen molar-refractivity contribution in [2.45, 2.75) is 0 Å². The van der Waals surface area contributed by atoms with Crippen LogP contribution in [0.5, 0.6) is 11.5 Å². The van der Waals surface area contributed by atoms with Crippen molar-refractivity contribution in [3.05, 3.63) is 144 Å². The van der Waals surface area contributed by atoms with Crippen LogP contribution >= 0.6 is 31.9 Å². The summed E-state index contributed by atoms with van der Waals surface area (Å²) in [6.07, 6.45) is 0. The van der Waals surface area contributed by atoms with Crippen molar-refractivity contribution in [3.8, 4) is 33.8 Å². The summed E-state index contributed by atoms with van der Waals surface area (Å²) in [4.78, 5) is 20.5. The Bertz CT molecular complexity index is 1610. The minimum Gasteiger partial charge on any atom is -0.507 e. The van der Waals surface area contributed by atoms with Gasteiger partial charge in [-0.2, -0.15) is 0 Å². The molecule has 0 radical (unpaired) electrons. The molecule has 43 heavy (non-hydrogen) atoms. The Morgan fingerprint density at radius 3 is 1.23 bits per heavy atom. The molecule has 4 N–H and O–H groups in total. The van der Waals surface area contributed by atoms with E-state index in [2.05, 4.69) is 31.9 Å². The molecule has 5 rings (SSSR count). The highest BCUT2D eigenvalue weighted by atomic mass is 79.9. The molecule has 0 aliphatic rings. The smallest absolute Gasteiger partial charge is 0.488 e. The molecule has 218 valence electrons. The number of rotatable bonds is 5. The first-order valence-corrected chi connectivity index (χ1v) is 13.9. The monoisotopic (exact) mass is 708 g/mol. The van der Waals surface area contributed by atoms with Crippen molar-refractivity contribution in [2.75, 3.05) is 0 Å². The van der Waals surface area contributed by atoms with Gasteiger partial charge in [-0.3, -0.25) is 20.2 Å². The molecule has 0 aliphatic heterocycles. The van der Waals surface area contributed by atoms with Crippen LogP contribution in [0.2, 0.25) is 0 Å². The van der Waals surface area contributed by atoms with Crippen molar-refractivity contribution in [2.24, 2.45) is 0 Å². The van der Waals surface area contributed by atoms with Gasteiger partial charge in [-0.05, 0) is 48.4 Å². The van der Waals surface area contributed by atoms with E-state index in [-0.39, 0.29) is 22.9 Å². The third kappa shape index (κ3) is 9.22. The molecule has 10 nitrogen and oxygen atoms in total. The molecule has 0 unspecified atom stereocenters. The second kappa shape index (κ2) is 15.6. The number of nitro groups is 2. The standard InChI is InChI=1S/C18H13NO3.C6H7BO2.C6H3Br2NO3/c20-18-16(13-7-3-1-4-8-13)11-15(19(21)22)12-17(18)14-9-5-2-6-10-14;8-7(9)6-4-2-1-3-5-6;7-4-1-3(9(11)12)2-5(8)6(4)10/h1-12,20H;1-5,8-9H;1-2,10H. The van der Waals surface area contributed by atoms with E-state index >= 15 is 0 Å². The second-order valence-corrected chi connectivity index (χ2v) is 10.4. The first-order valence-electron chi connectivity index (χ1n) is 12.3. The fourth-order valence-corrected chi connectivity index (χ4v) is 4.85. The lowest BCUT2D eigenvalue weighted by atomic mass is 9.81. The average Bonchev–Trinajstić information content (AvgIpc) is 3.01. The molecule has 0 aromatic heterocycles. The van der Waals surface area contributed by atoms with Crippen molar-refractivity contribution in [1.82, 2.24) is 0 Å². The van der Waals surface area contributed by atoms with Crippen LogP contribution in [-0.4, -0.2) is 37.2 Å². The van der Waals surface area contributed by atoms with E-state index < -0.39 is 17.0 Å².